The summed E-state index contributed by atoms with van der Waals surface area (Å²) in [5.41, 5.74) is 3.10. The first-order valence-electron chi connectivity index (χ1n) is 9.11. The summed E-state index contributed by atoms with van der Waals surface area (Å²) in [6.07, 6.45) is 0.261. The van der Waals surface area contributed by atoms with Crippen molar-refractivity contribution in [3.05, 3.63) is 53.3 Å². The van der Waals surface area contributed by atoms with Gasteiger partial charge in [-0.25, -0.2) is 18.2 Å². The molecule has 0 saturated carbocycles. The monoisotopic (exact) mass is 419 g/mol. The van der Waals surface area contributed by atoms with E-state index in [1.807, 2.05) is 6.07 Å². The highest BCUT2D eigenvalue weighted by atomic mass is 19.3. The minimum absolute atomic E-state index is 0.0232. The standard InChI is InChI=1S/C20H20F3N5O2/c1-19(2)18(25)28-20(10-30-19,17(22)23)13-7-12(4-5-14(13)21)27-16(29)15-6-3-11(8-24)9-26-15/h3-6,9,13,17H,7,10H2,1-2H3,(H2,25,28)(H,27,29)/t13?,20-/m0/s1. The van der Waals surface area contributed by atoms with E-state index in [4.69, 9.17) is 15.7 Å². The molecule has 0 spiro atoms. The number of aromatic nitrogens is 1. The lowest BCUT2D eigenvalue weighted by Gasteiger charge is -2.44. The van der Waals surface area contributed by atoms with Crippen LogP contribution in [0.2, 0.25) is 0 Å². The van der Waals surface area contributed by atoms with Gasteiger partial charge >= 0.3 is 0 Å². The third kappa shape index (κ3) is 3.93. The number of rotatable bonds is 4. The Morgan fingerprint density at radius 2 is 2.13 bits per heavy atom. The van der Waals surface area contributed by atoms with Crippen molar-refractivity contribution in [3.8, 4) is 6.07 Å². The summed E-state index contributed by atoms with van der Waals surface area (Å²) in [7, 11) is 0. The minimum atomic E-state index is -3.05. The molecule has 10 heteroatoms. The van der Waals surface area contributed by atoms with Crippen molar-refractivity contribution in [2.75, 3.05) is 6.61 Å². The third-order valence-corrected chi connectivity index (χ3v) is 5.19. The highest BCUT2D eigenvalue weighted by Crippen LogP contribution is 2.43. The number of carbonyl (C=O) groups excluding carboxylic acids is 1. The number of hydrogen-bond acceptors (Lipinski definition) is 6. The molecule has 0 fully saturated rings. The lowest BCUT2D eigenvalue weighted by atomic mass is 9.77. The molecule has 0 aromatic carbocycles. The smallest absolute Gasteiger partial charge is 0.273 e. The SMILES string of the molecule is CC1(C)OC[C@@](C(F)F)(C2CC(NC(=O)c3ccc(C#N)cn3)=CC=C2F)N=C1N. The van der Waals surface area contributed by atoms with Gasteiger partial charge in [0.25, 0.3) is 12.3 Å². The summed E-state index contributed by atoms with van der Waals surface area (Å²) < 4.78 is 48.3. The first-order valence-corrected chi connectivity index (χ1v) is 9.11. The summed E-state index contributed by atoms with van der Waals surface area (Å²) in [4.78, 5) is 20.3. The van der Waals surface area contributed by atoms with Crippen molar-refractivity contribution in [2.45, 2.75) is 37.8 Å². The molecule has 1 amide bonds. The van der Waals surface area contributed by atoms with Gasteiger partial charge < -0.3 is 15.8 Å². The van der Waals surface area contributed by atoms with Gasteiger partial charge in [0.05, 0.1) is 12.2 Å². The predicted octanol–water partition coefficient (Wildman–Crippen LogP) is 2.61. The Kier molecular flexibility index (Phi) is 5.67. The van der Waals surface area contributed by atoms with Crippen LogP contribution < -0.4 is 11.1 Å². The van der Waals surface area contributed by atoms with Gasteiger partial charge in [0.1, 0.15) is 29.0 Å². The Morgan fingerprint density at radius 3 is 2.70 bits per heavy atom. The number of nitrogens with two attached hydrogens (primary N) is 1. The number of pyridine rings is 1. The first-order chi connectivity index (χ1) is 14.1. The van der Waals surface area contributed by atoms with Crippen molar-refractivity contribution in [1.82, 2.24) is 10.3 Å². The zero-order chi connectivity index (χ0) is 22.1. The number of nitrogens with one attached hydrogen (secondary N) is 1. The molecule has 158 valence electrons. The van der Waals surface area contributed by atoms with Crippen molar-refractivity contribution >= 4 is 11.7 Å². The maximum absolute atomic E-state index is 14.6. The quantitative estimate of drug-likeness (QED) is 0.779. The Morgan fingerprint density at radius 1 is 1.40 bits per heavy atom. The van der Waals surface area contributed by atoms with Gasteiger partial charge in [-0.15, -0.1) is 0 Å². The minimum Gasteiger partial charge on any atom is -0.385 e. The van der Waals surface area contributed by atoms with Crippen LogP contribution in [0.4, 0.5) is 13.2 Å². The molecule has 3 rings (SSSR count). The fraction of sp³-hybridized carbons (Fsp3) is 0.400. The Bertz CT molecular complexity index is 979. The number of allylic oxidation sites excluding steroid dienone is 3. The molecule has 2 aliphatic rings. The molecule has 30 heavy (non-hydrogen) atoms. The molecule has 2 atom stereocenters. The molecule has 1 aliphatic heterocycles. The molecule has 2 heterocycles. The van der Waals surface area contributed by atoms with E-state index in [2.05, 4.69) is 15.3 Å². The van der Waals surface area contributed by atoms with E-state index < -0.39 is 41.8 Å². The number of halogens is 3. The molecule has 0 bridgehead atoms. The lowest BCUT2D eigenvalue weighted by Crippen LogP contribution is -2.58. The maximum atomic E-state index is 14.6. The van der Waals surface area contributed by atoms with Crippen LogP contribution in [0.25, 0.3) is 0 Å². The number of aliphatic imine (C=N–C) groups is 1. The van der Waals surface area contributed by atoms with Gasteiger partial charge in [-0.05, 0) is 44.6 Å². The Hall–Kier alpha value is -3.19. The molecule has 1 aromatic heterocycles. The lowest BCUT2D eigenvalue weighted by molar-refractivity contribution is -0.0815. The second-order valence-corrected chi connectivity index (χ2v) is 7.59. The van der Waals surface area contributed by atoms with Crippen LogP contribution in [-0.2, 0) is 4.74 Å². The Labute approximate surface area is 171 Å². The number of hydrogen-bond donors (Lipinski definition) is 2. The molecule has 7 nitrogen and oxygen atoms in total. The number of amidine groups is 1. The van der Waals surface area contributed by atoms with Crippen LogP contribution in [0.3, 0.4) is 0 Å². The van der Waals surface area contributed by atoms with E-state index in [0.717, 1.165) is 6.08 Å². The van der Waals surface area contributed by atoms with Crippen LogP contribution in [0.1, 0.15) is 36.3 Å². The predicted molar refractivity (Wildman–Crippen MR) is 102 cm³/mol. The van der Waals surface area contributed by atoms with Crippen molar-refractivity contribution in [1.29, 1.82) is 5.26 Å². The number of amides is 1. The van der Waals surface area contributed by atoms with E-state index in [9.17, 15) is 18.0 Å². The van der Waals surface area contributed by atoms with E-state index in [1.54, 1.807) is 13.8 Å². The van der Waals surface area contributed by atoms with Crippen molar-refractivity contribution in [3.63, 3.8) is 0 Å². The molecule has 0 saturated heterocycles. The van der Waals surface area contributed by atoms with Gasteiger partial charge in [-0.1, -0.05) is 0 Å². The van der Waals surface area contributed by atoms with Crippen molar-refractivity contribution in [2.24, 2.45) is 16.6 Å². The number of alkyl halides is 2. The molecule has 1 aliphatic carbocycles. The molecular weight excluding hydrogens is 399 g/mol. The highest BCUT2D eigenvalue weighted by molar-refractivity contribution is 5.93. The van der Waals surface area contributed by atoms with Crippen LogP contribution >= 0.6 is 0 Å². The summed E-state index contributed by atoms with van der Waals surface area (Å²) in [5.74, 6) is -2.94. The van der Waals surface area contributed by atoms with Crippen LogP contribution in [0, 0.1) is 17.2 Å². The van der Waals surface area contributed by atoms with E-state index >= 15 is 0 Å². The topological polar surface area (TPSA) is 113 Å². The average Bonchev–Trinajstić information content (AvgIpc) is 2.71. The molecule has 1 aromatic rings. The van der Waals surface area contributed by atoms with E-state index in [-0.39, 0.29) is 29.2 Å². The maximum Gasteiger partial charge on any atom is 0.273 e. The summed E-state index contributed by atoms with van der Waals surface area (Å²) >= 11 is 0. The average molecular weight is 419 g/mol. The van der Waals surface area contributed by atoms with Crippen LogP contribution in [0.5, 0.6) is 0 Å². The van der Waals surface area contributed by atoms with Gasteiger partial charge in [0, 0.05) is 17.8 Å². The summed E-state index contributed by atoms with van der Waals surface area (Å²) in [6.45, 7) is 2.65. The fourth-order valence-electron chi connectivity index (χ4n) is 3.20. The number of nitriles is 1. The third-order valence-electron chi connectivity index (χ3n) is 5.19. The largest absolute Gasteiger partial charge is 0.385 e. The first kappa shape index (κ1) is 21.5. The second-order valence-electron chi connectivity index (χ2n) is 7.59. The normalized spacial score (nSPS) is 25.6. The molecular formula is C20H20F3N5O2. The van der Waals surface area contributed by atoms with E-state index in [1.165, 1.54) is 24.4 Å². The molecule has 3 N–H and O–H groups in total. The fourth-order valence-corrected chi connectivity index (χ4v) is 3.20. The zero-order valence-electron chi connectivity index (χ0n) is 16.3. The van der Waals surface area contributed by atoms with E-state index in [0.29, 0.717) is 0 Å². The van der Waals surface area contributed by atoms with Crippen molar-refractivity contribution < 1.29 is 22.7 Å². The van der Waals surface area contributed by atoms with Gasteiger partial charge in [0.2, 0.25) is 0 Å². The molecule has 0 radical (unpaired) electrons. The van der Waals surface area contributed by atoms with Gasteiger partial charge in [0.15, 0.2) is 5.54 Å². The van der Waals surface area contributed by atoms with Crippen LogP contribution in [0.15, 0.2) is 47.0 Å². The zero-order valence-corrected chi connectivity index (χ0v) is 16.3. The highest BCUT2D eigenvalue weighted by Gasteiger charge is 2.54. The summed E-state index contributed by atoms with van der Waals surface area (Å²) in [6, 6.07) is 4.66. The second kappa shape index (κ2) is 7.91. The number of ether oxygens (including phenoxy) is 1. The van der Waals surface area contributed by atoms with Gasteiger partial charge in [-0.3, -0.25) is 9.79 Å². The Balaban J connectivity index is 1.84. The summed E-state index contributed by atoms with van der Waals surface area (Å²) in [5, 5.41) is 11.3. The number of carbonyl (C=O) groups is 1. The number of nitrogens with zero attached hydrogens (tertiary/aromatic N) is 3. The van der Waals surface area contributed by atoms with Gasteiger partial charge in [-0.2, -0.15) is 5.26 Å². The molecule has 1 unspecified atom stereocenters. The van der Waals surface area contributed by atoms with Crippen LogP contribution in [-0.4, -0.2) is 40.9 Å².